The number of benzene rings is 1. The highest BCUT2D eigenvalue weighted by atomic mass is 19.4. The lowest BCUT2D eigenvalue weighted by Gasteiger charge is -2.29. The van der Waals surface area contributed by atoms with Gasteiger partial charge in [0.2, 0.25) is 0 Å². The molecule has 0 saturated carbocycles. The van der Waals surface area contributed by atoms with Crippen molar-refractivity contribution >= 4 is 17.6 Å². The Kier molecular flexibility index (Phi) is 4.77. The van der Waals surface area contributed by atoms with E-state index in [4.69, 9.17) is 0 Å². The number of nitrogens with one attached hydrogen (secondary N) is 1. The average molecular weight is 344 g/mol. The fourth-order valence-electron chi connectivity index (χ4n) is 3.21. The van der Waals surface area contributed by atoms with Crippen molar-refractivity contribution in [3.05, 3.63) is 29.8 Å². The molecule has 0 saturated heterocycles. The van der Waals surface area contributed by atoms with Gasteiger partial charge < -0.3 is 15.0 Å². The van der Waals surface area contributed by atoms with Crippen LogP contribution in [0.4, 0.5) is 18.9 Å². The molecular weight excluding hydrogens is 325 g/mol. The van der Waals surface area contributed by atoms with E-state index in [0.717, 1.165) is 18.4 Å². The molecule has 8 heteroatoms. The summed E-state index contributed by atoms with van der Waals surface area (Å²) in [5.41, 5.74) is 1.27. The molecule has 24 heavy (non-hydrogen) atoms. The minimum Gasteiger partial charge on any atom is -0.467 e. The summed E-state index contributed by atoms with van der Waals surface area (Å²) < 4.78 is 42.1. The molecule has 5 nitrogen and oxygen atoms in total. The predicted octanol–water partition coefficient (Wildman–Crippen LogP) is 2.00. The number of para-hydroxylation sites is 1. The number of amides is 1. The fourth-order valence-corrected chi connectivity index (χ4v) is 3.21. The van der Waals surface area contributed by atoms with Crippen LogP contribution in [0.2, 0.25) is 0 Å². The fraction of sp³-hybridized carbons (Fsp3) is 0.500. The first-order chi connectivity index (χ1) is 11.1. The van der Waals surface area contributed by atoms with Crippen LogP contribution in [-0.2, 0) is 19.7 Å². The van der Waals surface area contributed by atoms with E-state index in [9.17, 15) is 22.8 Å². The van der Waals surface area contributed by atoms with Gasteiger partial charge in [0, 0.05) is 24.7 Å². The Morgan fingerprint density at radius 1 is 1.38 bits per heavy atom. The molecule has 1 heterocycles. The highest BCUT2D eigenvalue weighted by molar-refractivity contribution is 5.87. The molecule has 1 amide bonds. The third-order valence-corrected chi connectivity index (χ3v) is 4.25. The van der Waals surface area contributed by atoms with Crippen molar-refractivity contribution in [3.8, 4) is 0 Å². The van der Waals surface area contributed by atoms with Gasteiger partial charge in [-0.2, -0.15) is 13.2 Å². The summed E-state index contributed by atoms with van der Waals surface area (Å²) in [7, 11) is 2.94. The van der Waals surface area contributed by atoms with Crippen LogP contribution in [0.3, 0.4) is 0 Å². The van der Waals surface area contributed by atoms with Crippen LogP contribution in [0.25, 0.3) is 0 Å². The van der Waals surface area contributed by atoms with Crippen molar-refractivity contribution in [1.82, 2.24) is 5.32 Å². The second-order valence-electron chi connectivity index (χ2n) is 6.18. The van der Waals surface area contributed by atoms with Crippen LogP contribution in [0.15, 0.2) is 24.3 Å². The summed E-state index contributed by atoms with van der Waals surface area (Å²) in [6.07, 6.45) is -5.06. The first kappa shape index (κ1) is 18.1. The largest absolute Gasteiger partial charge is 0.471 e. The molecule has 1 N–H and O–H groups in total. The van der Waals surface area contributed by atoms with E-state index in [1.807, 2.05) is 43.1 Å². The van der Waals surface area contributed by atoms with Gasteiger partial charge in [-0.15, -0.1) is 0 Å². The summed E-state index contributed by atoms with van der Waals surface area (Å²) in [6, 6.07) is 6.09. The molecule has 1 aromatic rings. The zero-order valence-electron chi connectivity index (χ0n) is 13.6. The van der Waals surface area contributed by atoms with Gasteiger partial charge in [-0.25, -0.2) is 4.79 Å². The summed E-state index contributed by atoms with van der Waals surface area (Å²) in [5.74, 6) is -3.05. The van der Waals surface area contributed by atoms with Crippen molar-refractivity contribution < 1.29 is 27.5 Å². The van der Waals surface area contributed by atoms with Gasteiger partial charge in [-0.3, -0.25) is 4.79 Å². The zero-order chi connectivity index (χ0) is 18.1. The lowest BCUT2D eigenvalue weighted by molar-refractivity contribution is -0.175. The Morgan fingerprint density at radius 3 is 2.58 bits per heavy atom. The molecule has 132 valence electrons. The van der Waals surface area contributed by atoms with Crippen LogP contribution in [-0.4, -0.2) is 44.8 Å². The number of rotatable bonds is 4. The van der Waals surface area contributed by atoms with E-state index in [1.165, 1.54) is 0 Å². The number of carbonyl (C=O) groups excluding carboxylic acids is 2. The van der Waals surface area contributed by atoms with E-state index in [1.54, 1.807) is 5.32 Å². The van der Waals surface area contributed by atoms with Crippen molar-refractivity contribution in [3.63, 3.8) is 0 Å². The molecular formula is C16H19F3N2O3. The maximum absolute atomic E-state index is 12.5. The molecule has 0 fully saturated rings. The number of ether oxygens (including phenoxy) is 1. The number of halogens is 3. The van der Waals surface area contributed by atoms with Crippen LogP contribution in [0, 0.1) is 0 Å². The third-order valence-electron chi connectivity index (χ3n) is 4.25. The third kappa shape index (κ3) is 3.47. The average Bonchev–Trinajstić information content (AvgIpc) is 2.76. The SMILES string of the molecule is COC(=O)[C@H](C[C@]1(C)CN(C)c2ccccc21)NC(=O)C(F)(F)F. The molecule has 0 unspecified atom stereocenters. The Morgan fingerprint density at radius 2 is 2.00 bits per heavy atom. The van der Waals surface area contributed by atoms with E-state index in [0.29, 0.717) is 6.54 Å². The van der Waals surface area contributed by atoms with Crippen LogP contribution < -0.4 is 10.2 Å². The standard InChI is InChI=1S/C16H19F3N2O3/c1-15(9-21(2)12-7-5-4-6-10(12)15)8-11(13(22)24-3)20-14(23)16(17,18)19/h4-7,11H,8-9H2,1-3H3,(H,20,23)/t11-,15+/m0/s1. The van der Waals surface area contributed by atoms with E-state index < -0.39 is 29.5 Å². The van der Waals surface area contributed by atoms with E-state index in [-0.39, 0.29) is 6.42 Å². The molecule has 1 aromatic carbocycles. The number of nitrogens with zero attached hydrogens (tertiary/aromatic N) is 1. The van der Waals surface area contributed by atoms with Gasteiger partial charge in [-0.05, 0) is 18.1 Å². The highest BCUT2D eigenvalue weighted by Gasteiger charge is 2.45. The number of fused-ring (bicyclic) bond motifs is 1. The monoisotopic (exact) mass is 344 g/mol. The molecule has 0 spiro atoms. The Balaban J connectivity index is 2.27. The number of hydrogen-bond acceptors (Lipinski definition) is 4. The number of alkyl halides is 3. The van der Waals surface area contributed by atoms with Crippen molar-refractivity contribution in [2.45, 2.75) is 31.0 Å². The molecule has 0 radical (unpaired) electrons. The lowest BCUT2D eigenvalue weighted by atomic mass is 9.79. The minimum absolute atomic E-state index is 0.00282. The number of esters is 1. The molecule has 0 aliphatic carbocycles. The number of methoxy groups -OCH3 is 1. The number of anilines is 1. The van der Waals surface area contributed by atoms with Gasteiger partial charge in [0.1, 0.15) is 6.04 Å². The number of likely N-dealkylation sites (N-methyl/N-ethyl adjacent to an activating group) is 1. The zero-order valence-corrected chi connectivity index (χ0v) is 13.6. The smallest absolute Gasteiger partial charge is 0.467 e. The summed E-state index contributed by atoms with van der Waals surface area (Å²) >= 11 is 0. The van der Waals surface area contributed by atoms with Gasteiger partial charge in [0.05, 0.1) is 7.11 Å². The van der Waals surface area contributed by atoms with Gasteiger partial charge in [-0.1, -0.05) is 25.1 Å². The normalized spacial score (nSPS) is 21.2. The summed E-state index contributed by atoms with van der Waals surface area (Å²) in [4.78, 5) is 25.1. The Bertz CT molecular complexity index is 648. The molecule has 2 rings (SSSR count). The van der Waals surface area contributed by atoms with Crippen molar-refractivity contribution in [1.29, 1.82) is 0 Å². The van der Waals surface area contributed by atoms with Gasteiger partial charge in [0.25, 0.3) is 0 Å². The maximum atomic E-state index is 12.5. The topological polar surface area (TPSA) is 58.6 Å². The van der Waals surface area contributed by atoms with Crippen LogP contribution >= 0.6 is 0 Å². The molecule has 2 atom stereocenters. The first-order valence-electron chi connectivity index (χ1n) is 7.34. The van der Waals surface area contributed by atoms with Crippen LogP contribution in [0.1, 0.15) is 18.9 Å². The molecule has 0 aromatic heterocycles. The second kappa shape index (κ2) is 6.33. The van der Waals surface area contributed by atoms with Crippen molar-refractivity contribution in [2.75, 3.05) is 25.6 Å². The maximum Gasteiger partial charge on any atom is 0.471 e. The van der Waals surface area contributed by atoms with E-state index >= 15 is 0 Å². The second-order valence-corrected chi connectivity index (χ2v) is 6.18. The highest BCUT2D eigenvalue weighted by Crippen LogP contribution is 2.42. The minimum atomic E-state index is -5.06. The number of carbonyl (C=O) groups is 2. The van der Waals surface area contributed by atoms with Crippen LogP contribution in [0.5, 0.6) is 0 Å². The Hall–Kier alpha value is -2.25. The van der Waals surface area contributed by atoms with Gasteiger partial charge in [0.15, 0.2) is 0 Å². The predicted molar refractivity (Wildman–Crippen MR) is 81.7 cm³/mol. The summed E-state index contributed by atoms with van der Waals surface area (Å²) in [6.45, 7) is 2.37. The van der Waals surface area contributed by atoms with E-state index in [2.05, 4.69) is 4.74 Å². The molecule has 0 bridgehead atoms. The van der Waals surface area contributed by atoms with Crippen molar-refractivity contribution in [2.24, 2.45) is 0 Å². The van der Waals surface area contributed by atoms with Gasteiger partial charge >= 0.3 is 18.1 Å². The summed E-state index contributed by atoms with van der Waals surface area (Å²) in [5, 5.41) is 1.75. The first-order valence-corrected chi connectivity index (χ1v) is 7.34. The molecule has 1 aliphatic heterocycles. The number of hydrogen-bond donors (Lipinski definition) is 1. The molecule has 1 aliphatic rings. The Labute approximate surface area is 137 Å². The quantitative estimate of drug-likeness (QED) is 0.849. The lowest BCUT2D eigenvalue weighted by Crippen LogP contribution is -2.50.